The summed E-state index contributed by atoms with van der Waals surface area (Å²) in [5, 5.41) is 1.42. The Labute approximate surface area is 116 Å². The average Bonchev–Trinajstić information content (AvgIpc) is 2.33. The molecule has 0 spiro atoms. The first-order valence-electron chi connectivity index (χ1n) is 5.29. The van der Waals surface area contributed by atoms with Crippen molar-refractivity contribution >= 4 is 34.8 Å². The topological polar surface area (TPSA) is 0 Å². The van der Waals surface area contributed by atoms with Crippen molar-refractivity contribution in [3.05, 3.63) is 69.7 Å². The molecule has 0 aromatic heterocycles. The van der Waals surface area contributed by atoms with Gasteiger partial charge in [-0.1, -0.05) is 47.5 Å². The van der Waals surface area contributed by atoms with Crippen LogP contribution in [0.4, 0.5) is 0 Å². The van der Waals surface area contributed by atoms with E-state index in [1.54, 1.807) is 0 Å². The first-order valence-corrected chi connectivity index (χ1v) is 6.48. The summed E-state index contributed by atoms with van der Waals surface area (Å²) in [6.07, 6.45) is 0.778. The zero-order chi connectivity index (χ0) is 12.3. The maximum atomic E-state index is 6.36. The molecule has 2 aromatic rings. The number of rotatable bonds is 3. The third-order valence-electron chi connectivity index (χ3n) is 2.56. The Morgan fingerprint density at radius 2 is 1.24 bits per heavy atom. The van der Waals surface area contributed by atoms with Gasteiger partial charge in [-0.25, -0.2) is 0 Å². The van der Waals surface area contributed by atoms with E-state index in [-0.39, 0.29) is 5.38 Å². The van der Waals surface area contributed by atoms with Gasteiger partial charge in [0.2, 0.25) is 0 Å². The van der Waals surface area contributed by atoms with Crippen LogP contribution < -0.4 is 0 Å². The summed E-state index contributed by atoms with van der Waals surface area (Å²) >= 11 is 18.0. The van der Waals surface area contributed by atoms with E-state index in [0.717, 1.165) is 22.0 Å². The van der Waals surface area contributed by atoms with Crippen LogP contribution in [0.5, 0.6) is 0 Å². The first-order chi connectivity index (χ1) is 8.15. The largest absolute Gasteiger partial charge is 0.117 e. The molecule has 0 fully saturated rings. The fraction of sp³-hybridized carbons (Fsp3) is 0.143. The second-order valence-corrected chi connectivity index (χ2v) is 5.25. The molecular formula is C14H11Cl3. The highest BCUT2D eigenvalue weighted by atomic mass is 35.5. The second-order valence-electron chi connectivity index (χ2n) is 3.85. The molecule has 0 aliphatic rings. The lowest BCUT2D eigenvalue weighted by Gasteiger charge is -2.10. The van der Waals surface area contributed by atoms with Crippen molar-refractivity contribution in [2.75, 3.05) is 0 Å². The van der Waals surface area contributed by atoms with Crippen LogP contribution in [-0.4, -0.2) is 0 Å². The number of alkyl halides is 1. The summed E-state index contributed by atoms with van der Waals surface area (Å²) < 4.78 is 0. The Morgan fingerprint density at radius 3 is 1.76 bits per heavy atom. The summed E-state index contributed by atoms with van der Waals surface area (Å²) in [6.45, 7) is 0. The molecular weight excluding hydrogens is 275 g/mol. The van der Waals surface area contributed by atoms with Gasteiger partial charge < -0.3 is 0 Å². The predicted octanol–water partition coefficient (Wildman–Crippen LogP) is 5.52. The molecule has 0 aliphatic carbocycles. The summed E-state index contributed by atoms with van der Waals surface area (Å²) in [7, 11) is 0. The third kappa shape index (κ3) is 3.64. The molecule has 0 radical (unpaired) electrons. The summed E-state index contributed by atoms with van der Waals surface area (Å²) in [5.41, 5.74) is 2.25. The molecule has 2 aromatic carbocycles. The van der Waals surface area contributed by atoms with Gasteiger partial charge in [0, 0.05) is 10.0 Å². The van der Waals surface area contributed by atoms with Crippen LogP contribution >= 0.6 is 34.8 Å². The van der Waals surface area contributed by atoms with Gasteiger partial charge in [0.05, 0.1) is 5.38 Å². The van der Waals surface area contributed by atoms with Crippen LogP contribution in [0, 0.1) is 0 Å². The molecule has 0 bridgehead atoms. The van der Waals surface area contributed by atoms with Gasteiger partial charge in [-0.2, -0.15) is 0 Å². The number of benzene rings is 2. The molecule has 0 aliphatic heterocycles. The fourth-order valence-corrected chi connectivity index (χ4v) is 2.19. The van der Waals surface area contributed by atoms with Gasteiger partial charge in [0.25, 0.3) is 0 Å². The van der Waals surface area contributed by atoms with E-state index in [1.807, 2.05) is 48.5 Å². The van der Waals surface area contributed by atoms with Crippen LogP contribution in [-0.2, 0) is 6.42 Å². The zero-order valence-electron chi connectivity index (χ0n) is 9.04. The van der Waals surface area contributed by atoms with Crippen molar-refractivity contribution in [3.8, 4) is 0 Å². The molecule has 0 amide bonds. The Balaban J connectivity index is 2.08. The van der Waals surface area contributed by atoms with Crippen molar-refractivity contribution in [1.82, 2.24) is 0 Å². The summed E-state index contributed by atoms with van der Waals surface area (Å²) in [4.78, 5) is 0. The molecule has 0 saturated heterocycles. The zero-order valence-corrected chi connectivity index (χ0v) is 11.3. The molecule has 1 atom stereocenters. The van der Waals surface area contributed by atoms with Gasteiger partial charge in [0.15, 0.2) is 0 Å². The molecule has 3 heteroatoms. The highest BCUT2D eigenvalue weighted by molar-refractivity contribution is 6.30. The van der Waals surface area contributed by atoms with Gasteiger partial charge in [0.1, 0.15) is 0 Å². The van der Waals surface area contributed by atoms with E-state index in [9.17, 15) is 0 Å². The molecule has 17 heavy (non-hydrogen) atoms. The molecule has 0 nitrogen and oxygen atoms in total. The van der Waals surface area contributed by atoms with E-state index in [4.69, 9.17) is 34.8 Å². The van der Waals surface area contributed by atoms with Crippen LogP contribution in [0.2, 0.25) is 10.0 Å². The third-order valence-corrected chi connectivity index (χ3v) is 3.47. The lowest BCUT2D eigenvalue weighted by molar-refractivity contribution is 0.920. The highest BCUT2D eigenvalue weighted by Gasteiger charge is 2.08. The van der Waals surface area contributed by atoms with E-state index in [2.05, 4.69) is 0 Å². The fourth-order valence-electron chi connectivity index (χ4n) is 1.62. The first kappa shape index (κ1) is 12.8. The van der Waals surface area contributed by atoms with E-state index in [1.165, 1.54) is 5.56 Å². The Kier molecular flexibility index (Phi) is 4.33. The van der Waals surface area contributed by atoms with Crippen LogP contribution in [0.3, 0.4) is 0 Å². The predicted molar refractivity (Wildman–Crippen MR) is 75.2 cm³/mol. The monoisotopic (exact) mass is 284 g/mol. The van der Waals surface area contributed by atoms with Crippen LogP contribution in [0.1, 0.15) is 16.5 Å². The van der Waals surface area contributed by atoms with Gasteiger partial charge >= 0.3 is 0 Å². The highest BCUT2D eigenvalue weighted by Crippen LogP contribution is 2.26. The Morgan fingerprint density at radius 1 is 0.765 bits per heavy atom. The number of hydrogen-bond acceptors (Lipinski definition) is 0. The van der Waals surface area contributed by atoms with Gasteiger partial charge in [-0.15, -0.1) is 11.6 Å². The lowest BCUT2D eigenvalue weighted by Crippen LogP contribution is -1.95. The number of hydrogen-bond donors (Lipinski definition) is 0. The van der Waals surface area contributed by atoms with Crippen molar-refractivity contribution in [3.63, 3.8) is 0 Å². The standard InChI is InChI=1S/C14H11Cl3/c15-12-5-1-10(2-6-12)9-14(17)11-3-7-13(16)8-4-11/h1-8,14H,9H2. The van der Waals surface area contributed by atoms with Crippen molar-refractivity contribution in [2.24, 2.45) is 0 Å². The van der Waals surface area contributed by atoms with E-state index >= 15 is 0 Å². The minimum Gasteiger partial charge on any atom is -0.117 e. The average molecular weight is 286 g/mol. The smallest absolute Gasteiger partial charge is 0.0625 e. The van der Waals surface area contributed by atoms with Crippen molar-refractivity contribution < 1.29 is 0 Å². The molecule has 0 heterocycles. The Bertz CT molecular complexity index is 474. The quantitative estimate of drug-likeness (QED) is 0.652. The molecule has 1 unspecified atom stereocenters. The lowest BCUT2D eigenvalue weighted by atomic mass is 10.0. The second kappa shape index (κ2) is 5.77. The molecule has 0 N–H and O–H groups in total. The van der Waals surface area contributed by atoms with Crippen LogP contribution in [0.15, 0.2) is 48.5 Å². The number of halogens is 3. The normalized spacial score (nSPS) is 12.4. The maximum Gasteiger partial charge on any atom is 0.0625 e. The van der Waals surface area contributed by atoms with E-state index in [0.29, 0.717) is 0 Å². The molecule has 0 saturated carbocycles. The van der Waals surface area contributed by atoms with Crippen molar-refractivity contribution in [2.45, 2.75) is 11.8 Å². The molecule has 88 valence electrons. The minimum absolute atomic E-state index is 0.0477. The Hall–Kier alpha value is -0.690. The van der Waals surface area contributed by atoms with Gasteiger partial charge in [-0.3, -0.25) is 0 Å². The maximum absolute atomic E-state index is 6.36. The minimum atomic E-state index is -0.0477. The SMILES string of the molecule is Clc1ccc(CC(Cl)c2ccc(Cl)cc2)cc1. The van der Waals surface area contributed by atoms with Crippen molar-refractivity contribution in [1.29, 1.82) is 0 Å². The van der Waals surface area contributed by atoms with Crippen LogP contribution in [0.25, 0.3) is 0 Å². The summed E-state index contributed by atoms with van der Waals surface area (Å²) in [6, 6.07) is 15.4. The van der Waals surface area contributed by atoms with Gasteiger partial charge in [-0.05, 0) is 41.8 Å². The summed E-state index contributed by atoms with van der Waals surface area (Å²) in [5.74, 6) is 0. The molecule has 2 rings (SSSR count). The van der Waals surface area contributed by atoms with E-state index < -0.39 is 0 Å².